The highest BCUT2D eigenvalue weighted by molar-refractivity contribution is 7.80. The lowest BCUT2D eigenvalue weighted by Gasteiger charge is -2.40. The average Bonchev–Trinajstić information content (AvgIpc) is 2.74. The summed E-state index contributed by atoms with van der Waals surface area (Å²) in [5, 5.41) is 41.4. The molecule has 1 aliphatic rings. The number of carbonyl (C=O) groups is 1. The molecule has 1 saturated heterocycles. The van der Waals surface area contributed by atoms with Crippen LogP contribution in [-0.2, 0) is 9.53 Å². The van der Waals surface area contributed by atoms with E-state index < -0.39 is 37.3 Å². The maximum atomic E-state index is 12.1. The molecule has 5 atom stereocenters. The number of hydrogen-bond acceptors (Lipinski definition) is 7. The molecule has 1 aliphatic heterocycles. The third-order valence-corrected chi connectivity index (χ3v) is 6.11. The predicted octanol–water partition coefficient (Wildman–Crippen LogP) is 2.29. The second kappa shape index (κ2) is 17.2. The summed E-state index contributed by atoms with van der Waals surface area (Å²) in [7, 11) is 0. The lowest BCUT2D eigenvalue weighted by molar-refractivity contribution is -0.253. The second-order valence-corrected chi connectivity index (χ2v) is 8.84. The van der Waals surface area contributed by atoms with E-state index in [-0.39, 0.29) is 5.91 Å². The maximum absolute atomic E-state index is 12.1. The van der Waals surface area contributed by atoms with Crippen LogP contribution in [0.3, 0.4) is 0 Å². The monoisotopic (exact) mass is 449 g/mol. The second-order valence-electron chi connectivity index (χ2n) is 8.39. The van der Waals surface area contributed by atoms with Crippen molar-refractivity contribution >= 4 is 18.5 Å². The first-order valence-electron chi connectivity index (χ1n) is 11.7. The van der Waals surface area contributed by atoms with Crippen molar-refractivity contribution in [2.24, 2.45) is 0 Å². The van der Waals surface area contributed by atoms with Gasteiger partial charge in [0.15, 0.2) is 6.29 Å². The van der Waals surface area contributed by atoms with Crippen molar-refractivity contribution in [3.63, 3.8) is 0 Å². The number of nitrogens with one attached hydrogen (secondary N) is 1. The smallest absolute Gasteiger partial charge is 0.220 e. The highest BCUT2D eigenvalue weighted by Gasteiger charge is 2.44. The van der Waals surface area contributed by atoms with Crippen LogP contribution in [0.15, 0.2) is 0 Å². The number of hydrogen-bond donors (Lipinski definition) is 6. The first-order chi connectivity index (χ1) is 14.5. The standard InChI is InChI=1S/C22H43NO6S/c24-16-17-20(26)21(27)19(22(28)29-17)23-18(25)14-12-10-8-6-4-2-1-3-5-7-9-11-13-15-30/h17,19-22,24,26-28,30H,1-16H2,(H,23,25)/t17-,19-,20-,21-,22?/m1/s1. The molecule has 0 aromatic carbocycles. The van der Waals surface area contributed by atoms with Crippen LogP contribution >= 0.6 is 12.6 Å². The molecule has 0 spiro atoms. The maximum Gasteiger partial charge on any atom is 0.220 e. The lowest BCUT2D eigenvalue weighted by Crippen LogP contribution is -2.64. The van der Waals surface area contributed by atoms with Crippen LogP contribution in [0.25, 0.3) is 0 Å². The van der Waals surface area contributed by atoms with E-state index in [1.54, 1.807) is 0 Å². The number of thiol groups is 1. The van der Waals surface area contributed by atoms with Crippen molar-refractivity contribution in [1.29, 1.82) is 0 Å². The van der Waals surface area contributed by atoms with Gasteiger partial charge in [0.1, 0.15) is 24.4 Å². The molecule has 1 heterocycles. The van der Waals surface area contributed by atoms with Crippen molar-refractivity contribution in [1.82, 2.24) is 5.32 Å². The Morgan fingerprint density at radius 2 is 1.23 bits per heavy atom. The molecule has 8 heteroatoms. The Bertz CT molecular complexity index is 442. The fourth-order valence-electron chi connectivity index (χ4n) is 3.85. The minimum atomic E-state index is -1.46. The fourth-order valence-corrected chi connectivity index (χ4v) is 4.08. The van der Waals surface area contributed by atoms with Gasteiger partial charge in [-0.25, -0.2) is 0 Å². The number of aliphatic hydroxyl groups is 4. The van der Waals surface area contributed by atoms with Gasteiger partial charge in [0.2, 0.25) is 5.91 Å². The Morgan fingerprint density at radius 1 is 0.767 bits per heavy atom. The van der Waals surface area contributed by atoms with E-state index in [2.05, 4.69) is 17.9 Å². The summed E-state index contributed by atoms with van der Waals surface area (Å²) in [5.74, 6) is 0.716. The van der Waals surface area contributed by atoms with E-state index in [0.717, 1.165) is 25.0 Å². The van der Waals surface area contributed by atoms with Crippen molar-refractivity contribution in [3.8, 4) is 0 Å². The Kier molecular flexibility index (Phi) is 15.9. The minimum Gasteiger partial charge on any atom is -0.394 e. The van der Waals surface area contributed by atoms with Crippen LogP contribution in [0.5, 0.6) is 0 Å². The van der Waals surface area contributed by atoms with Crippen molar-refractivity contribution in [2.75, 3.05) is 12.4 Å². The number of amides is 1. The van der Waals surface area contributed by atoms with Gasteiger partial charge in [-0.05, 0) is 18.6 Å². The fraction of sp³-hybridized carbons (Fsp3) is 0.955. The summed E-state index contributed by atoms with van der Waals surface area (Å²) in [6, 6.07) is -1.10. The molecule has 0 aliphatic carbocycles. The van der Waals surface area contributed by atoms with E-state index in [1.807, 2.05) is 0 Å². The minimum absolute atomic E-state index is 0.286. The van der Waals surface area contributed by atoms with E-state index in [9.17, 15) is 20.1 Å². The summed E-state index contributed by atoms with van der Waals surface area (Å²) in [5.41, 5.74) is 0. The molecule has 1 unspecified atom stereocenters. The zero-order valence-electron chi connectivity index (χ0n) is 18.3. The molecule has 0 aromatic rings. The molecule has 1 amide bonds. The highest BCUT2D eigenvalue weighted by Crippen LogP contribution is 2.20. The van der Waals surface area contributed by atoms with Gasteiger partial charge in [0, 0.05) is 6.42 Å². The quantitative estimate of drug-likeness (QED) is 0.150. The molecule has 0 saturated carbocycles. The van der Waals surface area contributed by atoms with Crippen LogP contribution in [0.4, 0.5) is 0 Å². The van der Waals surface area contributed by atoms with Crippen molar-refractivity contribution < 1.29 is 30.0 Å². The van der Waals surface area contributed by atoms with Gasteiger partial charge in [0.05, 0.1) is 6.61 Å². The molecule has 7 nitrogen and oxygen atoms in total. The van der Waals surface area contributed by atoms with Gasteiger partial charge in [-0.3, -0.25) is 4.79 Å². The van der Waals surface area contributed by atoms with Gasteiger partial charge in [0.25, 0.3) is 0 Å². The summed E-state index contributed by atoms with van der Waals surface area (Å²) >= 11 is 4.23. The third kappa shape index (κ3) is 11.3. The van der Waals surface area contributed by atoms with Gasteiger partial charge >= 0.3 is 0 Å². The Morgan fingerprint density at radius 3 is 1.70 bits per heavy atom. The lowest BCUT2D eigenvalue weighted by atomic mass is 9.97. The molecular formula is C22H43NO6S. The topological polar surface area (TPSA) is 119 Å². The van der Waals surface area contributed by atoms with E-state index >= 15 is 0 Å². The number of carbonyl (C=O) groups excluding carboxylic acids is 1. The third-order valence-electron chi connectivity index (χ3n) is 5.79. The van der Waals surface area contributed by atoms with Crippen LogP contribution in [0.2, 0.25) is 0 Å². The summed E-state index contributed by atoms with van der Waals surface area (Å²) < 4.78 is 5.04. The predicted molar refractivity (Wildman–Crippen MR) is 120 cm³/mol. The zero-order chi connectivity index (χ0) is 22.2. The number of aliphatic hydroxyl groups excluding tert-OH is 4. The van der Waals surface area contributed by atoms with Crippen LogP contribution < -0.4 is 5.32 Å². The number of ether oxygens (including phenoxy) is 1. The molecule has 1 fully saturated rings. The van der Waals surface area contributed by atoms with Crippen molar-refractivity contribution in [2.45, 2.75) is 121 Å². The normalized spacial score (nSPS) is 26.6. The Labute approximate surface area is 187 Å². The van der Waals surface area contributed by atoms with Crippen LogP contribution in [0, 0.1) is 0 Å². The van der Waals surface area contributed by atoms with Gasteiger partial charge < -0.3 is 30.5 Å². The van der Waals surface area contributed by atoms with E-state index in [0.29, 0.717) is 6.42 Å². The molecule has 178 valence electrons. The first kappa shape index (κ1) is 27.7. The van der Waals surface area contributed by atoms with E-state index in [4.69, 9.17) is 9.84 Å². The van der Waals surface area contributed by atoms with Gasteiger partial charge in [-0.2, -0.15) is 12.6 Å². The zero-order valence-corrected chi connectivity index (χ0v) is 19.1. The molecule has 0 aromatic heterocycles. The largest absolute Gasteiger partial charge is 0.394 e. The molecule has 5 N–H and O–H groups in total. The van der Waals surface area contributed by atoms with Crippen molar-refractivity contribution in [3.05, 3.63) is 0 Å². The molecule has 0 radical (unpaired) electrons. The first-order valence-corrected chi connectivity index (χ1v) is 12.3. The molecule has 30 heavy (non-hydrogen) atoms. The Balaban J connectivity index is 1.97. The van der Waals surface area contributed by atoms with Gasteiger partial charge in [-0.15, -0.1) is 0 Å². The summed E-state index contributed by atoms with van der Waals surface area (Å²) in [4.78, 5) is 12.1. The molecule has 1 rings (SSSR count). The SMILES string of the molecule is O=C(CCCCCCCCCCCCCCCS)N[C@H]1C(O)O[C@H](CO)[C@@H](O)[C@@H]1O. The highest BCUT2D eigenvalue weighted by atomic mass is 32.1. The molecule has 0 bridgehead atoms. The number of rotatable bonds is 17. The molecular weight excluding hydrogens is 406 g/mol. The van der Waals surface area contributed by atoms with Crippen LogP contribution in [0.1, 0.15) is 89.9 Å². The summed E-state index contributed by atoms with van der Waals surface area (Å²) in [6.07, 6.45) is 10.8. The Hall–Kier alpha value is -0.380. The van der Waals surface area contributed by atoms with Crippen LogP contribution in [-0.4, -0.2) is 69.3 Å². The number of unbranched alkanes of at least 4 members (excludes halogenated alkanes) is 12. The van der Waals surface area contributed by atoms with E-state index in [1.165, 1.54) is 64.2 Å². The average molecular weight is 450 g/mol. The summed E-state index contributed by atoms with van der Waals surface area (Å²) in [6.45, 7) is -0.521. The van der Waals surface area contributed by atoms with Gasteiger partial charge in [-0.1, -0.05) is 70.6 Å².